The van der Waals surface area contributed by atoms with Gasteiger partial charge in [-0.1, -0.05) is 234 Å². The number of carbonyl (C=O) groups is 9. The van der Waals surface area contributed by atoms with Gasteiger partial charge in [0.2, 0.25) is 0 Å². The summed E-state index contributed by atoms with van der Waals surface area (Å²) < 4.78 is 46.5. The van der Waals surface area contributed by atoms with Gasteiger partial charge in [-0.25, -0.2) is 0 Å². The summed E-state index contributed by atoms with van der Waals surface area (Å²) in [5.41, 5.74) is 1.10. The van der Waals surface area contributed by atoms with E-state index in [9.17, 15) is 43.2 Å². The number of phenols is 1. The number of hydrogen-bond acceptors (Lipinski definition) is 19. The van der Waals surface area contributed by atoms with Crippen LogP contribution in [0.3, 0.4) is 0 Å². The molecule has 0 aromatic heterocycles. The maximum absolute atomic E-state index is 12.2. The van der Waals surface area contributed by atoms with Gasteiger partial charge in [0.15, 0.2) is 0 Å². The van der Waals surface area contributed by atoms with Crippen molar-refractivity contribution in [2.75, 3.05) is 53.9 Å². The normalized spacial score (nSPS) is 18.8. The van der Waals surface area contributed by atoms with Crippen LogP contribution < -0.4 is 0 Å². The first kappa shape index (κ1) is 129. The summed E-state index contributed by atoms with van der Waals surface area (Å²) >= 11 is 0. The quantitative estimate of drug-likeness (QED) is 0.0318. The fourth-order valence-electron chi connectivity index (χ4n) is 13.7. The minimum atomic E-state index is -0.722. The monoisotopic (exact) mass is 1830 g/mol. The lowest BCUT2D eigenvalue weighted by molar-refractivity contribution is -0.169. The number of methoxy groups -OCH3 is 2. The fraction of sp³-hybridized carbons (Fsp3) is 0.806. The van der Waals surface area contributed by atoms with Crippen LogP contribution in [0, 0.1) is 75.4 Å². The topological polar surface area (TPSA) is 297 Å². The van der Waals surface area contributed by atoms with Crippen LogP contribution in [-0.4, -0.2) is 140 Å². The third-order valence-electron chi connectivity index (χ3n) is 27.1. The van der Waals surface area contributed by atoms with Crippen LogP contribution >= 0.6 is 0 Å². The molecule has 5 saturated carbocycles. The van der Waals surface area contributed by atoms with Gasteiger partial charge in [0, 0.05) is 14.2 Å². The Labute approximate surface area is 786 Å². The van der Waals surface area contributed by atoms with E-state index in [1.54, 1.807) is 54.0 Å². The van der Waals surface area contributed by atoms with Crippen LogP contribution in [0.15, 0.2) is 54.6 Å². The van der Waals surface area contributed by atoms with Gasteiger partial charge in [-0.2, -0.15) is 0 Å². The van der Waals surface area contributed by atoms with Gasteiger partial charge in [0.25, 0.3) is 0 Å². The molecule has 21 heteroatoms. The average molecular weight is 1830 g/mol. The third kappa shape index (κ3) is 55.6. The number of hydrogen-bond donors (Lipinski definition) is 3. The number of phenolic OH excluding ortho intramolecular Hbond substituents is 1. The molecule has 5 aliphatic carbocycles. The Bertz CT molecular complexity index is 3020. The largest absolute Gasteiger partial charge is 0.508 e. The first-order chi connectivity index (χ1) is 60.8. The van der Waals surface area contributed by atoms with Crippen molar-refractivity contribution in [2.24, 2.45) is 75.4 Å². The van der Waals surface area contributed by atoms with E-state index in [1.807, 2.05) is 123 Å². The van der Waals surface area contributed by atoms with E-state index >= 15 is 0 Å². The van der Waals surface area contributed by atoms with Crippen LogP contribution in [0.1, 0.15) is 429 Å². The van der Waals surface area contributed by atoms with Crippen LogP contribution in [-0.2, 0) is 85.8 Å². The van der Waals surface area contributed by atoms with Gasteiger partial charge < -0.3 is 58.0 Å². The number of carbonyl (C=O) groups excluding carboxylic acids is 7. The molecule has 13 atom stereocenters. The van der Waals surface area contributed by atoms with Crippen molar-refractivity contribution in [3.8, 4) is 5.75 Å². The highest BCUT2D eigenvalue weighted by atomic mass is 16.6. The van der Waals surface area contributed by atoms with Crippen molar-refractivity contribution in [3.63, 3.8) is 0 Å². The number of ether oxygens (including phenoxy) is 9. The molecule has 5 fully saturated rings. The molecule has 2 aromatic carbocycles. The van der Waals surface area contributed by atoms with E-state index in [2.05, 4.69) is 92.6 Å². The molecular weight excluding hydrogens is 1630 g/mol. The average Bonchev–Trinajstić information content (AvgIpc) is 1.59. The Hall–Kier alpha value is -6.61. The Morgan fingerprint density at radius 3 is 0.977 bits per heavy atom. The summed E-state index contributed by atoms with van der Waals surface area (Å²) in [7, 11) is 3.16. The second kappa shape index (κ2) is 73.8. The van der Waals surface area contributed by atoms with Crippen molar-refractivity contribution in [1.29, 1.82) is 0 Å². The minimum absolute atomic E-state index is 0.00116. The van der Waals surface area contributed by atoms with Crippen molar-refractivity contribution in [3.05, 3.63) is 65.7 Å². The predicted octanol–water partition coefficient (Wildman–Crippen LogP) is 27.5. The Balaban J connectivity index is -0.000000672. The molecule has 0 amide bonds. The van der Waals surface area contributed by atoms with E-state index < -0.39 is 22.8 Å². The van der Waals surface area contributed by atoms with Crippen molar-refractivity contribution < 1.29 is 101 Å². The van der Waals surface area contributed by atoms with Gasteiger partial charge in [-0.15, -0.1) is 0 Å². The number of esters is 7. The number of rotatable bonds is 39. The van der Waals surface area contributed by atoms with E-state index in [0.29, 0.717) is 76.0 Å². The number of aliphatic carboxylic acids is 2. The molecule has 129 heavy (non-hydrogen) atoms. The summed E-state index contributed by atoms with van der Waals surface area (Å²) in [5, 5.41) is 25.9. The molecule has 752 valence electrons. The second-order valence-corrected chi connectivity index (χ2v) is 38.3. The zero-order chi connectivity index (χ0) is 99.5. The lowest BCUT2D eigenvalue weighted by Gasteiger charge is -2.36. The molecule has 0 spiro atoms. The minimum Gasteiger partial charge on any atom is -0.508 e. The first-order valence-corrected chi connectivity index (χ1v) is 50.4. The molecule has 3 N–H and O–H groups in total. The molecule has 7 rings (SSSR count). The standard InChI is InChI=1S/C16H26O2.2C13H24O2.C10H14O.C10H14.2C9H18O2.2C8H16O3.2C6H12O2/c1-4-16(2,3)15(17)18-14-9-10-8-13(14)12-7-5-6-11(10)12;2*1-4-11(3)12(14)15-13(5-2)9-7-6-8-10-13;1-3-8(2)9-4-6-10(11)7-5-9;1-3-9(2)10-7-5-4-6-8-10;2*1-4-6-7-11-9(10)8(3)5-2;2*1-4-7(2)8(9)11-6-5-10-3;2*1-4-6(2,3)5(7)8/h10-14H,4-9H2,1-3H3;2*11H,4-10H2,1-3H3;4-8,11H,3H2,1-2H3;4-9H,3H2,1-2H3;2*8H,4-7H2,1-3H3;2*7H,4-6H2,1-3H3;2*4H2,1-3H3,(H,7,8). The Morgan fingerprint density at radius 2 is 0.690 bits per heavy atom. The summed E-state index contributed by atoms with van der Waals surface area (Å²) in [5.74, 6) is 3.51. The molecule has 21 nitrogen and oxygen atoms in total. The number of carboxylic acids is 2. The highest BCUT2D eigenvalue weighted by Gasteiger charge is 2.55. The maximum atomic E-state index is 12.2. The van der Waals surface area contributed by atoms with Crippen molar-refractivity contribution in [2.45, 2.75) is 435 Å². The van der Waals surface area contributed by atoms with Crippen LogP contribution in [0.5, 0.6) is 5.75 Å². The second-order valence-electron chi connectivity index (χ2n) is 38.3. The van der Waals surface area contributed by atoms with Gasteiger partial charge >= 0.3 is 53.7 Å². The summed E-state index contributed by atoms with van der Waals surface area (Å²) in [4.78, 5) is 100. The van der Waals surface area contributed by atoms with E-state index in [4.69, 9.17) is 58.0 Å². The van der Waals surface area contributed by atoms with Crippen LogP contribution in [0.4, 0.5) is 0 Å². The SMILES string of the molecule is CCC(C)(C)C(=O)O.CCC(C)(C)C(=O)O.CCC(C)(C)C(=O)OC1CC2CC1C1CCCC21.CCC(C)C(=O)OC1(CC)CCCCC1.CCC(C)C(=O)OC1(CC)CCCCC1.CCC(C)C(=O)OCCOC.CCC(C)C(=O)OCCOC.CCC(C)c1ccc(O)cc1.CCC(C)c1ccccc1.CCCCOC(=O)C(C)CC.CCCCOC(=O)C(C)CC. The highest BCUT2D eigenvalue weighted by Crippen LogP contribution is 2.59. The summed E-state index contributed by atoms with van der Waals surface area (Å²) in [6.07, 6.45) is 34.4. The summed E-state index contributed by atoms with van der Waals surface area (Å²) in [6.45, 7) is 60.2. The maximum Gasteiger partial charge on any atom is 0.311 e. The van der Waals surface area contributed by atoms with E-state index in [0.717, 1.165) is 140 Å². The number of fused-ring (bicyclic) bond motifs is 5. The lowest BCUT2D eigenvalue weighted by Crippen LogP contribution is -2.38. The third-order valence-corrected chi connectivity index (χ3v) is 27.1. The van der Waals surface area contributed by atoms with E-state index in [-0.39, 0.29) is 100 Å². The van der Waals surface area contributed by atoms with Gasteiger partial charge in [-0.3, -0.25) is 43.2 Å². The molecule has 5 aliphatic rings. The predicted molar refractivity (Wildman–Crippen MR) is 525 cm³/mol. The summed E-state index contributed by atoms with van der Waals surface area (Å²) in [6, 6.07) is 18.1. The first-order valence-electron chi connectivity index (χ1n) is 50.4. The zero-order valence-corrected chi connectivity index (χ0v) is 87.8. The van der Waals surface area contributed by atoms with Crippen LogP contribution in [0.2, 0.25) is 0 Å². The molecule has 0 aliphatic heterocycles. The molecule has 2 bridgehead atoms. The number of unbranched alkanes of at least 4 members (excludes halogenated alkanes) is 2. The van der Waals surface area contributed by atoms with E-state index in [1.165, 1.54) is 81.8 Å². The highest BCUT2D eigenvalue weighted by molar-refractivity contribution is 5.77. The number of benzene rings is 2. The smallest absolute Gasteiger partial charge is 0.311 e. The number of aromatic hydroxyl groups is 1. The lowest BCUT2D eigenvalue weighted by atomic mass is 9.80. The van der Waals surface area contributed by atoms with Crippen molar-refractivity contribution >= 4 is 53.7 Å². The molecule has 0 radical (unpaired) electrons. The zero-order valence-electron chi connectivity index (χ0n) is 87.8. The molecular formula is C108H194O21. The number of carboxylic acid groups (broad SMARTS) is 2. The van der Waals surface area contributed by atoms with Crippen LogP contribution in [0.25, 0.3) is 0 Å². The molecule has 2 aromatic rings. The fourth-order valence-corrected chi connectivity index (χ4v) is 13.7. The molecule has 0 heterocycles. The Kier molecular flexibility index (Phi) is 73.6. The van der Waals surface area contributed by atoms with Gasteiger partial charge in [-0.05, 0) is 274 Å². The van der Waals surface area contributed by atoms with Crippen molar-refractivity contribution in [1.82, 2.24) is 0 Å². The van der Waals surface area contributed by atoms with Gasteiger partial charge in [0.05, 0.1) is 78.2 Å². The Morgan fingerprint density at radius 1 is 0.372 bits per heavy atom. The molecule has 0 saturated heterocycles. The molecule has 13 unspecified atom stereocenters. The van der Waals surface area contributed by atoms with Gasteiger partial charge in [0.1, 0.15) is 36.3 Å².